The lowest BCUT2D eigenvalue weighted by atomic mass is 10.0. The third-order valence-corrected chi connectivity index (χ3v) is 6.85. The van der Waals surface area contributed by atoms with Crippen molar-refractivity contribution in [2.24, 2.45) is 12.0 Å². The first-order valence-corrected chi connectivity index (χ1v) is 12.2. The Balaban J connectivity index is 1.36. The number of aliphatic hydroxyl groups excluding tert-OH is 1. The predicted molar refractivity (Wildman–Crippen MR) is 141 cm³/mol. The van der Waals surface area contributed by atoms with Crippen molar-refractivity contribution < 1.29 is 9.84 Å². The number of aromatic amines is 1. The van der Waals surface area contributed by atoms with Crippen LogP contribution in [0.4, 0.5) is 17.3 Å². The number of nitrogens with zero attached hydrogens (tertiary/aromatic N) is 4. The molecule has 1 fully saturated rings. The molecule has 11 nitrogen and oxygen atoms in total. The van der Waals surface area contributed by atoms with Gasteiger partial charge >= 0.3 is 0 Å². The molecule has 11 heteroatoms. The van der Waals surface area contributed by atoms with Crippen molar-refractivity contribution >= 4 is 34.3 Å². The molecule has 0 radical (unpaired) electrons. The summed E-state index contributed by atoms with van der Waals surface area (Å²) < 4.78 is 7.64. The minimum Gasteiger partial charge on any atom is -0.475 e. The molecule has 5 N–H and O–H groups in total. The summed E-state index contributed by atoms with van der Waals surface area (Å²) in [6.45, 7) is 2.12. The van der Waals surface area contributed by atoms with Gasteiger partial charge in [-0.25, -0.2) is 15.0 Å². The second-order valence-electron chi connectivity index (χ2n) is 9.45. The Labute approximate surface area is 212 Å². The third-order valence-electron chi connectivity index (χ3n) is 6.85. The Hall–Kier alpha value is -4.22. The predicted octanol–water partition coefficient (Wildman–Crippen LogP) is 2.05. The molecule has 2 aliphatic rings. The fourth-order valence-corrected chi connectivity index (χ4v) is 4.84. The zero-order chi connectivity index (χ0) is 25.4. The van der Waals surface area contributed by atoms with Gasteiger partial charge in [-0.2, -0.15) is 0 Å². The Morgan fingerprint density at radius 2 is 2.08 bits per heavy atom. The van der Waals surface area contributed by atoms with Crippen molar-refractivity contribution in [3.8, 4) is 0 Å². The van der Waals surface area contributed by atoms with Crippen LogP contribution >= 0.6 is 0 Å². The maximum Gasteiger partial charge on any atom is 0.273 e. The first kappa shape index (κ1) is 23.2. The number of benzene rings is 1. The van der Waals surface area contributed by atoms with Gasteiger partial charge in [0.25, 0.3) is 5.56 Å². The van der Waals surface area contributed by atoms with Crippen LogP contribution in [0.3, 0.4) is 0 Å². The largest absolute Gasteiger partial charge is 0.475 e. The number of nitrogens with one attached hydrogen (secondary N) is 4. The van der Waals surface area contributed by atoms with Gasteiger partial charge in [0.15, 0.2) is 5.65 Å². The Bertz CT molecular complexity index is 1520. The van der Waals surface area contributed by atoms with Crippen LogP contribution < -0.4 is 21.5 Å². The molecule has 1 saturated heterocycles. The van der Waals surface area contributed by atoms with Crippen LogP contribution in [-0.2, 0) is 11.8 Å². The molecular formula is C26H28N8O3. The minimum absolute atomic E-state index is 0.102. The van der Waals surface area contributed by atoms with Crippen molar-refractivity contribution in [2.45, 2.75) is 18.0 Å². The van der Waals surface area contributed by atoms with Crippen LogP contribution in [0.1, 0.15) is 23.6 Å². The molecule has 2 atom stereocenters. The molecule has 2 aliphatic heterocycles. The smallest absolute Gasteiger partial charge is 0.273 e. The highest BCUT2D eigenvalue weighted by Crippen LogP contribution is 2.32. The molecule has 3 aromatic heterocycles. The van der Waals surface area contributed by atoms with Crippen LogP contribution in [0.15, 0.2) is 64.5 Å². The summed E-state index contributed by atoms with van der Waals surface area (Å²) in [5.41, 5.74) is 2.50. The summed E-state index contributed by atoms with van der Waals surface area (Å²) in [5.74, 6) is 1.62. The molecule has 4 aromatic rings. The number of hydrogen-bond acceptors (Lipinski definition) is 9. The fraction of sp³-hybridized carbons (Fsp3) is 0.308. The van der Waals surface area contributed by atoms with Crippen molar-refractivity contribution in [2.75, 3.05) is 36.9 Å². The standard InChI is InChI=1S/C26H28N8O3/c1-34-23-17(24(36)33-34)7-8-21(31-23)30-22-11-19(29-20(13-35)16-5-3-2-4-6-16)18(12-28-22)25-32-26(15-37-25)9-10-27-14-26/h2-8,11-12,20,27,35H,9-10,13-15H2,1H3,(H,33,36)(H2,28,29,30,31)/t20-,26+/m1/s1. The number of aryl methyl sites for hydroxylation is 1. The number of pyridine rings is 2. The summed E-state index contributed by atoms with van der Waals surface area (Å²) in [4.78, 5) is 26.1. The topological polar surface area (TPSA) is 141 Å². The second-order valence-corrected chi connectivity index (χ2v) is 9.45. The molecule has 37 heavy (non-hydrogen) atoms. The quantitative estimate of drug-likeness (QED) is 0.260. The fourth-order valence-electron chi connectivity index (χ4n) is 4.84. The van der Waals surface area contributed by atoms with Gasteiger partial charge in [0.05, 0.1) is 29.3 Å². The van der Waals surface area contributed by atoms with E-state index in [0.29, 0.717) is 35.2 Å². The number of ether oxygens (including phenoxy) is 1. The summed E-state index contributed by atoms with van der Waals surface area (Å²) in [6.07, 6.45) is 2.64. The summed E-state index contributed by atoms with van der Waals surface area (Å²) >= 11 is 0. The van der Waals surface area contributed by atoms with E-state index in [1.165, 1.54) is 0 Å². The normalized spacial score (nSPS) is 19.7. The summed E-state index contributed by atoms with van der Waals surface area (Å²) in [6, 6.07) is 14.7. The number of H-pyrrole nitrogens is 1. The van der Waals surface area contributed by atoms with Gasteiger partial charge in [-0.3, -0.25) is 14.6 Å². The molecule has 0 amide bonds. The van der Waals surface area contributed by atoms with Crippen molar-refractivity contribution in [1.29, 1.82) is 0 Å². The first-order chi connectivity index (χ1) is 18.0. The molecule has 5 heterocycles. The molecule has 1 aromatic carbocycles. The molecule has 0 unspecified atom stereocenters. The van der Waals surface area contributed by atoms with Gasteiger partial charge in [-0.1, -0.05) is 30.3 Å². The zero-order valence-electron chi connectivity index (χ0n) is 20.4. The average Bonchev–Trinajstić information content (AvgIpc) is 3.63. The molecule has 1 spiro atoms. The Kier molecular flexibility index (Phi) is 5.85. The van der Waals surface area contributed by atoms with Crippen LogP contribution in [0.5, 0.6) is 0 Å². The number of hydrogen-bond donors (Lipinski definition) is 5. The number of rotatable bonds is 7. The number of fused-ring (bicyclic) bond motifs is 1. The molecule has 0 bridgehead atoms. The van der Waals surface area contributed by atoms with E-state index < -0.39 is 0 Å². The zero-order valence-corrected chi connectivity index (χ0v) is 20.4. The maximum atomic E-state index is 12.0. The van der Waals surface area contributed by atoms with E-state index in [-0.39, 0.29) is 23.7 Å². The minimum atomic E-state index is -0.344. The molecule has 0 aliphatic carbocycles. The van der Waals surface area contributed by atoms with E-state index in [4.69, 9.17) is 9.73 Å². The van der Waals surface area contributed by atoms with E-state index in [1.54, 1.807) is 30.1 Å². The monoisotopic (exact) mass is 500 g/mol. The number of anilines is 3. The lowest BCUT2D eigenvalue weighted by Gasteiger charge is -2.21. The van der Waals surface area contributed by atoms with Gasteiger partial charge in [0, 0.05) is 25.9 Å². The van der Waals surface area contributed by atoms with Gasteiger partial charge in [-0.15, -0.1) is 0 Å². The number of aromatic nitrogens is 4. The van der Waals surface area contributed by atoms with Crippen LogP contribution in [0.2, 0.25) is 0 Å². The number of aliphatic hydroxyl groups is 1. The van der Waals surface area contributed by atoms with E-state index in [9.17, 15) is 9.90 Å². The van der Waals surface area contributed by atoms with Gasteiger partial charge in [0.2, 0.25) is 5.90 Å². The third kappa shape index (κ3) is 4.43. The highest BCUT2D eigenvalue weighted by atomic mass is 16.5. The van der Waals surface area contributed by atoms with Crippen molar-refractivity contribution in [1.82, 2.24) is 25.1 Å². The SMILES string of the molecule is Cn1[nH]c(=O)c2ccc(Nc3cc(N[C@H](CO)c4ccccc4)c(C4=N[C@]5(CCNC5)CO4)cn3)nc21. The average molecular weight is 501 g/mol. The van der Waals surface area contributed by atoms with Gasteiger partial charge in [0.1, 0.15) is 23.8 Å². The van der Waals surface area contributed by atoms with E-state index in [0.717, 1.165) is 36.3 Å². The molecule has 6 rings (SSSR count). The van der Waals surface area contributed by atoms with Crippen LogP contribution in [-0.4, -0.2) is 62.6 Å². The summed E-state index contributed by atoms with van der Waals surface area (Å²) in [7, 11) is 1.74. The lowest BCUT2D eigenvalue weighted by Crippen LogP contribution is -2.30. The van der Waals surface area contributed by atoms with E-state index in [1.807, 2.05) is 36.4 Å². The Morgan fingerprint density at radius 1 is 1.22 bits per heavy atom. The van der Waals surface area contributed by atoms with Crippen molar-refractivity contribution in [3.63, 3.8) is 0 Å². The molecule has 190 valence electrons. The molecule has 0 saturated carbocycles. The maximum absolute atomic E-state index is 12.0. The Morgan fingerprint density at radius 3 is 2.86 bits per heavy atom. The van der Waals surface area contributed by atoms with Crippen LogP contribution in [0.25, 0.3) is 11.0 Å². The molecular weight excluding hydrogens is 472 g/mol. The van der Waals surface area contributed by atoms with Gasteiger partial charge < -0.3 is 25.8 Å². The van der Waals surface area contributed by atoms with Crippen molar-refractivity contribution in [3.05, 3.63) is 76.2 Å². The second kappa shape index (κ2) is 9.34. The highest BCUT2D eigenvalue weighted by molar-refractivity contribution is 6.01. The summed E-state index contributed by atoms with van der Waals surface area (Å²) in [5, 5.41) is 23.5. The number of aliphatic imine (C=N–C) groups is 1. The lowest BCUT2D eigenvalue weighted by molar-refractivity contribution is 0.267. The van der Waals surface area contributed by atoms with E-state index >= 15 is 0 Å². The van der Waals surface area contributed by atoms with Crippen LogP contribution in [0, 0.1) is 0 Å². The highest BCUT2D eigenvalue weighted by Gasteiger charge is 2.40. The van der Waals surface area contributed by atoms with E-state index in [2.05, 4.69) is 31.0 Å². The van der Waals surface area contributed by atoms with Gasteiger partial charge in [-0.05, 0) is 30.7 Å². The first-order valence-electron chi connectivity index (χ1n) is 12.2.